The van der Waals surface area contributed by atoms with E-state index in [4.69, 9.17) is 0 Å². The Labute approximate surface area is 193 Å². The molecule has 0 fully saturated rings. The van der Waals surface area contributed by atoms with E-state index >= 15 is 0 Å². The van der Waals surface area contributed by atoms with Crippen molar-refractivity contribution in [2.24, 2.45) is 0 Å². The molecular weight excluding hydrogens is 410 g/mol. The standard InChI is InChI=1S/C27H23N5O/c1-17-8-9-26(31-14-17)22-10-21(25-7-5-4-6-20(25)13-28)11-23(12-22)27(33)32-18(2)24-15-29-19(3)30-16-24/h4-12,14-16,18H,1-3H3,(H,32,33). The van der Waals surface area contributed by atoms with Crippen LogP contribution in [0.5, 0.6) is 0 Å². The van der Waals surface area contributed by atoms with Gasteiger partial charge in [0.05, 0.1) is 23.4 Å². The average Bonchev–Trinajstić information content (AvgIpc) is 2.84. The first kappa shape index (κ1) is 21.8. The third-order valence-corrected chi connectivity index (χ3v) is 5.41. The largest absolute Gasteiger partial charge is 0.345 e. The quantitative estimate of drug-likeness (QED) is 0.468. The Bertz CT molecular complexity index is 1340. The van der Waals surface area contributed by atoms with E-state index in [1.165, 1.54) is 0 Å². The number of aromatic nitrogens is 3. The first-order chi connectivity index (χ1) is 15.9. The third kappa shape index (κ3) is 4.94. The number of nitrogens with one attached hydrogen (secondary N) is 1. The summed E-state index contributed by atoms with van der Waals surface area (Å²) in [5.74, 6) is 0.448. The number of benzene rings is 2. The van der Waals surface area contributed by atoms with Gasteiger partial charge in [-0.25, -0.2) is 9.97 Å². The molecule has 4 rings (SSSR count). The lowest BCUT2D eigenvalue weighted by Gasteiger charge is -2.16. The second-order valence-corrected chi connectivity index (χ2v) is 7.94. The molecule has 1 unspecified atom stereocenters. The van der Waals surface area contributed by atoms with E-state index in [-0.39, 0.29) is 11.9 Å². The molecule has 2 aromatic heterocycles. The van der Waals surface area contributed by atoms with E-state index in [0.717, 1.165) is 33.5 Å². The summed E-state index contributed by atoms with van der Waals surface area (Å²) >= 11 is 0. The van der Waals surface area contributed by atoms with Crippen LogP contribution in [0.1, 0.15) is 45.8 Å². The zero-order chi connectivity index (χ0) is 23.4. The second kappa shape index (κ2) is 9.41. The van der Waals surface area contributed by atoms with Crippen LogP contribution in [0.3, 0.4) is 0 Å². The lowest BCUT2D eigenvalue weighted by molar-refractivity contribution is 0.0940. The number of carbonyl (C=O) groups excluding carboxylic acids is 1. The van der Waals surface area contributed by atoms with Crippen LogP contribution in [-0.4, -0.2) is 20.9 Å². The molecule has 6 nitrogen and oxygen atoms in total. The van der Waals surface area contributed by atoms with E-state index in [1.54, 1.807) is 24.7 Å². The van der Waals surface area contributed by atoms with Crippen molar-refractivity contribution in [1.82, 2.24) is 20.3 Å². The van der Waals surface area contributed by atoms with E-state index in [9.17, 15) is 10.1 Å². The van der Waals surface area contributed by atoms with Gasteiger partial charge < -0.3 is 5.32 Å². The highest BCUT2D eigenvalue weighted by molar-refractivity contribution is 5.97. The fourth-order valence-corrected chi connectivity index (χ4v) is 3.52. The maximum atomic E-state index is 13.2. The van der Waals surface area contributed by atoms with Crippen LogP contribution in [0.25, 0.3) is 22.4 Å². The molecule has 0 aliphatic rings. The predicted octanol–water partition coefficient (Wildman–Crippen LogP) is 5.19. The molecule has 0 saturated heterocycles. The predicted molar refractivity (Wildman–Crippen MR) is 127 cm³/mol. The number of aryl methyl sites for hydroxylation is 2. The Hall–Kier alpha value is -4.37. The van der Waals surface area contributed by atoms with Crippen molar-refractivity contribution < 1.29 is 4.79 Å². The minimum Gasteiger partial charge on any atom is -0.345 e. The Kier molecular flexibility index (Phi) is 6.23. The van der Waals surface area contributed by atoms with Crippen molar-refractivity contribution in [3.05, 3.63) is 101 Å². The number of pyridine rings is 1. The molecule has 4 aromatic rings. The first-order valence-corrected chi connectivity index (χ1v) is 10.6. The van der Waals surface area contributed by atoms with E-state index in [1.807, 2.05) is 69.3 Å². The molecule has 0 bridgehead atoms. The lowest BCUT2D eigenvalue weighted by atomic mass is 9.95. The molecular formula is C27H23N5O. The lowest BCUT2D eigenvalue weighted by Crippen LogP contribution is -2.27. The third-order valence-electron chi connectivity index (χ3n) is 5.41. The van der Waals surface area contributed by atoms with Gasteiger partial charge in [-0.05, 0) is 67.8 Å². The SMILES string of the molecule is Cc1ccc(-c2cc(C(=O)NC(C)c3cnc(C)nc3)cc(-c3ccccc3C#N)c2)nc1. The van der Waals surface area contributed by atoms with E-state index < -0.39 is 0 Å². The maximum Gasteiger partial charge on any atom is 0.251 e. The fraction of sp³-hybridized carbons (Fsp3) is 0.148. The highest BCUT2D eigenvalue weighted by Crippen LogP contribution is 2.30. The van der Waals surface area contributed by atoms with Gasteiger partial charge in [0, 0.05) is 35.3 Å². The number of hydrogen-bond donors (Lipinski definition) is 1. The van der Waals surface area contributed by atoms with Crippen molar-refractivity contribution in [3.8, 4) is 28.5 Å². The molecule has 1 N–H and O–H groups in total. The van der Waals surface area contributed by atoms with Crippen LogP contribution in [0.4, 0.5) is 0 Å². The van der Waals surface area contributed by atoms with Gasteiger partial charge in [0.1, 0.15) is 5.82 Å². The Balaban J connectivity index is 1.75. The van der Waals surface area contributed by atoms with Crippen LogP contribution in [0.2, 0.25) is 0 Å². The topological polar surface area (TPSA) is 91.6 Å². The van der Waals surface area contributed by atoms with Crippen LogP contribution in [0.15, 0.2) is 73.2 Å². The molecule has 1 amide bonds. The maximum absolute atomic E-state index is 13.2. The number of carbonyl (C=O) groups is 1. The summed E-state index contributed by atoms with van der Waals surface area (Å²) in [6.07, 6.45) is 5.23. The molecule has 0 radical (unpaired) electrons. The summed E-state index contributed by atoms with van der Waals surface area (Å²) in [5, 5.41) is 12.6. The minimum atomic E-state index is -0.269. The summed E-state index contributed by atoms with van der Waals surface area (Å²) in [4.78, 5) is 26.2. The van der Waals surface area contributed by atoms with Crippen LogP contribution in [0, 0.1) is 25.2 Å². The summed E-state index contributed by atoms with van der Waals surface area (Å²) in [6.45, 7) is 5.69. The number of hydrogen-bond acceptors (Lipinski definition) is 5. The number of amides is 1. The van der Waals surface area contributed by atoms with E-state index in [0.29, 0.717) is 17.0 Å². The zero-order valence-electron chi connectivity index (χ0n) is 18.7. The van der Waals surface area contributed by atoms with Gasteiger partial charge in [-0.2, -0.15) is 5.26 Å². The van der Waals surface area contributed by atoms with Crippen molar-refractivity contribution in [2.75, 3.05) is 0 Å². The van der Waals surface area contributed by atoms with Crippen LogP contribution >= 0.6 is 0 Å². The Morgan fingerprint density at radius 3 is 2.36 bits per heavy atom. The molecule has 162 valence electrons. The van der Waals surface area contributed by atoms with Crippen LogP contribution in [-0.2, 0) is 0 Å². The molecule has 0 spiro atoms. The van der Waals surface area contributed by atoms with Gasteiger partial charge in [0.2, 0.25) is 0 Å². The van der Waals surface area contributed by atoms with Gasteiger partial charge in [-0.3, -0.25) is 9.78 Å². The highest BCUT2D eigenvalue weighted by atomic mass is 16.1. The highest BCUT2D eigenvalue weighted by Gasteiger charge is 2.16. The molecule has 0 saturated carbocycles. The molecule has 33 heavy (non-hydrogen) atoms. The van der Waals surface area contributed by atoms with Crippen molar-refractivity contribution in [1.29, 1.82) is 5.26 Å². The summed E-state index contributed by atoms with van der Waals surface area (Å²) in [7, 11) is 0. The van der Waals surface area contributed by atoms with Gasteiger partial charge >= 0.3 is 0 Å². The summed E-state index contributed by atoms with van der Waals surface area (Å²) in [6, 6.07) is 18.8. The molecule has 0 aliphatic heterocycles. The zero-order valence-corrected chi connectivity index (χ0v) is 18.7. The fourth-order valence-electron chi connectivity index (χ4n) is 3.52. The van der Waals surface area contributed by atoms with Crippen LogP contribution < -0.4 is 5.32 Å². The Morgan fingerprint density at radius 2 is 1.67 bits per heavy atom. The second-order valence-electron chi connectivity index (χ2n) is 7.94. The number of nitriles is 1. The van der Waals surface area contributed by atoms with Crippen molar-refractivity contribution >= 4 is 5.91 Å². The van der Waals surface area contributed by atoms with Gasteiger partial charge in [0.25, 0.3) is 5.91 Å². The number of rotatable bonds is 5. The van der Waals surface area contributed by atoms with E-state index in [2.05, 4.69) is 26.3 Å². The van der Waals surface area contributed by atoms with Gasteiger partial charge in [0.15, 0.2) is 0 Å². The molecule has 2 aromatic carbocycles. The smallest absolute Gasteiger partial charge is 0.251 e. The van der Waals surface area contributed by atoms with Crippen molar-refractivity contribution in [2.45, 2.75) is 26.8 Å². The van der Waals surface area contributed by atoms with Gasteiger partial charge in [-0.15, -0.1) is 0 Å². The molecule has 0 aliphatic carbocycles. The van der Waals surface area contributed by atoms with Gasteiger partial charge in [-0.1, -0.05) is 24.3 Å². The average molecular weight is 434 g/mol. The normalized spacial score (nSPS) is 11.5. The Morgan fingerprint density at radius 1 is 0.939 bits per heavy atom. The summed E-state index contributed by atoms with van der Waals surface area (Å²) < 4.78 is 0. The summed E-state index contributed by atoms with van der Waals surface area (Å²) in [5.41, 5.74) is 6.01. The molecule has 6 heteroatoms. The minimum absolute atomic E-state index is 0.229. The monoisotopic (exact) mass is 433 g/mol. The number of nitrogens with zero attached hydrogens (tertiary/aromatic N) is 4. The van der Waals surface area contributed by atoms with Crippen molar-refractivity contribution in [3.63, 3.8) is 0 Å². The molecule has 2 heterocycles. The first-order valence-electron chi connectivity index (χ1n) is 10.6. The molecule has 1 atom stereocenters.